The molecule has 4 atom stereocenters. The number of fused-ring (bicyclic) bond motifs is 1. The highest BCUT2D eigenvalue weighted by Crippen LogP contribution is 2.47. The van der Waals surface area contributed by atoms with Gasteiger partial charge in [-0.3, -0.25) is 4.98 Å². The number of hydrogen-bond donors (Lipinski definition) is 5. The van der Waals surface area contributed by atoms with Crippen molar-refractivity contribution in [3.05, 3.63) is 23.7 Å². The highest BCUT2D eigenvalue weighted by molar-refractivity contribution is 7.21. The van der Waals surface area contributed by atoms with E-state index in [1.54, 1.807) is 32.3 Å². The Hall–Kier alpha value is -2.44. The first-order chi connectivity index (χ1) is 18.6. The summed E-state index contributed by atoms with van der Waals surface area (Å²) in [7, 11) is 1.72. The molecule has 3 fully saturated rings. The summed E-state index contributed by atoms with van der Waals surface area (Å²) in [6, 6.07) is 1.50. The number of methoxy groups -OCH3 is 1. The fourth-order valence-electron chi connectivity index (χ4n) is 5.83. The fraction of sp³-hybridized carbons (Fsp3) is 0.643. The van der Waals surface area contributed by atoms with Crippen molar-refractivity contribution in [1.82, 2.24) is 19.9 Å². The minimum absolute atomic E-state index is 0.114. The van der Waals surface area contributed by atoms with E-state index in [9.17, 15) is 15.3 Å². The third-order valence-electron chi connectivity index (χ3n) is 8.54. The standard InChI is InChI=1S/C28H38N6O4S/c1-14-19(25-33-21-18(39-25)7-10-29-20(21)15-5-6-15)24(32-17-11-16(27(2,3)37)22(35)23(17)36)34-26(31-14)30-12-28(8-9-28)13-38-4/h7,10,15-17,22-23,35-37H,5-6,8-9,11-13H2,1-4H3,(H2,30,31,32,34)/t16-,17+,22+,23-/m0/s1. The molecule has 11 heteroatoms. The van der Waals surface area contributed by atoms with Crippen molar-refractivity contribution in [3.8, 4) is 10.6 Å². The molecule has 0 bridgehead atoms. The average Bonchev–Trinajstić information content (AvgIpc) is 3.80. The number of thiazole rings is 1. The number of nitrogens with zero attached hydrogens (tertiary/aromatic N) is 4. The van der Waals surface area contributed by atoms with Gasteiger partial charge < -0.3 is 30.7 Å². The van der Waals surface area contributed by atoms with Gasteiger partial charge in [0.2, 0.25) is 5.95 Å². The van der Waals surface area contributed by atoms with E-state index >= 15 is 0 Å². The quantitative estimate of drug-likeness (QED) is 0.253. The summed E-state index contributed by atoms with van der Waals surface area (Å²) >= 11 is 1.58. The maximum atomic E-state index is 10.9. The molecule has 6 rings (SSSR count). The molecule has 3 aromatic heterocycles. The SMILES string of the molecule is COCC1(CNc2nc(C)c(-c3nc4c(C5CC5)nccc4s3)c(N[C@@H]3C[C@H](C(C)(C)O)[C@@H](O)[C@H]3O)n2)CC1. The highest BCUT2D eigenvalue weighted by Gasteiger charge is 2.48. The molecule has 0 radical (unpaired) electrons. The second-order valence-corrected chi connectivity index (χ2v) is 13.2. The average molecular weight is 555 g/mol. The number of ether oxygens (including phenoxy) is 1. The number of aliphatic hydroxyl groups is 3. The lowest BCUT2D eigenvalue weighted by Gasteiger charge is -2.28. The first-order valence-corrected chi connectivity index (χ1v) is 14.6. The van der Waals surface area contributed by atoms with E-state index in [4.69, 9.17) is 19.7 Å². The van der Waals surface area contributed by atoms with E-state index in [1.807, 2.05) is 19.2 Å². The molecule has 5 N–H and O–H groups in total. The molecular formula is C28H38N6O4S. The van der Waals surface area contributed by atoms with E-state index < -0.39 is 29.8 Å². The molecule has 0 saturated heterocycles. The Morgan fingerprint density at radius 2 is 1.92 bits per heavy atom. The van der Waals surface area contributed by atoms with Gasteiger partial charge in [0.05, 0.1) is 46.0 Å². The van der Waals surface area contributed by atoms with Crippen LogP contribution in [0.4, 0.5) is 11.8 Å². The Bertz CT molecular complexity index is 1370. The molecule has 3 aliphatic rings. The number of aryl methyl sites for hydroxylation is 1. The van der Waals surface area contributed by atoms with Crippen molar-refractivity contribution in [1.29, 1.82) is 0 Å². The van der Waals surface area contributed by atoms with E-state index in [0.29, 0.717) is 37.3 Å². The lowest BCUT2D eigenvalue weighted by atomic mass is 9.88. The summed E-state index contributed by atoms with van der Waals surface area (Å²) in [6.07, 6.45) is 4.63. The van der Waals surface area contributed by atoms with Crippen LogP contribution in [0.5, 0.6) is 0 Å². The van der Waals surface area contributed by atoms with Crippen molar-refractivity contribution in [2.45, 2.75) is 82.6 Å². The molecule has 39 heavy (non-hydrogen) atoms. The van der Waals surface area contributed by atoms with E-state index in [2.05, 4.69) is 15.6 Å². The van der Waals surface area contributed by atoms with Crippen LogP contribution in [0.2, 0.25) is 0 Å². The summed E-state index contributed by atoms with van der Waals surface area (Å²) in [5.41, 5.74) is 2.50. The second kappa shape index (κ2) is 9.88. The lowest BCUT2D eigenvalue weighted by Crippen LogP contribution is -2.40. The van der Waals surface area contributed by atoms with Gasteiger partial charge in [0, 0.05) is 37.1 Å². The van der Waals surface area contributed by atoms with E-state index in [0.717, 1.165) is 57.9 Å². The zero-order valence-corrected chi connectivity index (χ0v) is 23.8. The Morgan fingerprint density at radius 3 is 2.56 bits per heavy atom. The Kier molecular flexibility index (Phi) is 6.78. The molecule has 0 aromatic carbocycles. The first-order valence-electron chi connectivity index (χ1n) is 13.8. The number of hydrogen-bond acceptors (Lipinski definition) is 11. The minimum atomic E-state index is -1.13. The van der Waals surface area contributed by atoms with Gasteiger partial charge >= 0.3 is 0 Å². The number of aliphatic hydroxyl groups excluding tert-OH is 2. The molecule has 3 aromatic rings. The maximum Gasteiger partial charge on any atom is 0.224 e. The first kappa shape index (κ1) is 26.8. The fourth-order valence-corrected chi connectivity index (χ4v) is 6.89. The van der Waals surface area contributed by atoms with E-state index in [1.165, 1.54) is 0 Å². The summed E-state index contributed by atoms with van der Waals surface area (Å²) in [5, 5.41) is 39.9. The van der Waals surface area contributed by atoms with Crippen LogP contribution in [-0.4, -0.2) is 79.4 Å². The van der Waals surface area contributed by atoms with Crippen LogP contribution in [0.15, 0.2) is 12.3 Å². The summed E-state index contributed by atoms with van der Waals surface area (Å²) in [4.78, 5) is 19.3. The smallest absolute Gasteiger partial charge is 0.224 e. The molecule has 0 amide bonds. The number of pyridine rings is 1. The Labute approximate surface area is 232 Å². The van der Waals surface area contributed by atoms with Crippen molar-refractivity contribution >= 4 is 33.3 Å². The van der Waals surface area contributed by atoms with E-state index in [-0.39, 0.29) is 5.41 Å². The normalized spacial score (nSPS) is 26.2. The summed E-state index contributed by atoms with van der Waals surface area (Å²) < 4.78 is 6.48. The monoisotopic (exact) mass is 554 g/mol. The van der Waals surface area contributed by atoms with Gasteiger partial charge in [0.15, 0.2) is 0 Å². The van der Waals surface area contributed by atoms with Gasteiger partial charge in [0.25, 0.3) is 0 Å². The predicted molar refractivity (Wildman–Crippen MR) is 151 cm³/mol. The number of rotatable bonds is 10. The van der Waals surface area contributed by atoms with Crippen molar-refractivity contribution in [3.63, 3.8) is 0 Å². The third-order valence-corrected chi connectivity index (χ3v) is 9.58. The molecule has 0 unspecified atom stereocenters. The maximum absolute atomic E-state index is 10.9. The Balaban J connectivity index is 1.37. The molecule has 3 aliphatic carbocycles. The highest BCUT2D eigenvalue weighted by atomic mass is 32.1. The molecule has 0 spiro atoms. The molecule has 3 saturated carbocycles. The van der Waals surface area contributed by atoms with Gasteiger partial charge in [-0.2, -0.15) is 4.98 Å². The largest absolute Gasteiger partial charge is 0.390 e. The van der Waals surface area contributed by atoms with Crippen molar-refractivity contribution < 1.29 is 20.1 Å². The molecular weight excluding hydrogens is 516 g/mol. The number of anilines is 2. The van der Waals surface area contributed by atoms with Crippen molar-refractivity contribution in [2.75, 3.05) is 30.9 Å². The van der Waals surface area contributed by atoms with Crippen LogP contribution in [0.25, 0.3) is 20.8 Å². The molecule has 10 nitrogen and oxygen atoms in total. The minimum Gasteiger partial charge on any atom is -0.390 e. The van der Waals surface area contributed by atoms with Gasteiger partial charge in [0.1, 0.15) is 22.4 Å². The molecule has 210 valence electrons. The van der Waals surface area contributed by atoms with Crippen LogP contribution < -0.4 is 10.6 Å². The number of nitrogens with one attached hydrogen (secondary N) is 2. The summed E-state index contributed by atoms with van der Waals surface area (Å²) in [5.74, 6) is 1.04. The number of aromatic nitrogens is 4. The summed E-state index contributed by atoms with van der Waals surface area (Å²) in [6.45, 7) is 6.68. The Morgan fingerprint density at radius 1 is 1.15 bits per heavy atom. The van der Waals surface area contributed by atoms with Crippen LogP contribution in [0.1, 0.15) is 63.3 Å². The van der Waals surface area contributed by atoms with Gasteiger partial charge in [-0.25, -0.2) is 9.97 Å². The van der Waals surface area contributed by atoms with Gasteiger partial charge in [-0.05, 0) is 58.9 Å². The van der Waals surface area contributed by atoms with Gasteiger partial charge in [-0.15, -0.1) is 11.3 Å². The van der Waals surface area contributed by atoms with Crippen LogP contribution in [0, 0.1) is 18.3 Å². The van der Waals surface area contributed by atoms with Crippen LogP contribution in [-0.2, 0) is 4.74 Å². The molecule has 3 heterocycles. The molecule has 0 aliphatic heterocycles. The van der Waals surface area contributed by atoms with Crippen LogP contribution >= 0.6 is 11.3 Å². The third kappa shape index (κ3) is 5.22. The zero-order valence-electron chi connectivity index (χ0n) is 22.9. The van der Waals surface area contributed by atoms with Crippen LogP contribution in [0.3, 0.4) is 0 Å². The topological polar surface area (TPSA) is 146 Å². The lowest BCUT2D eigenvalue weighted by molar-refractivity contribution is -0.0601. The zero-order chi connectivity index (χ0) is 27.5. The predicted octanol–water partition coefficient (Wildman–Crippen LogP) is 3.47. The van der Waals surface area contributed by atoms with Gasteiger partial charge in [-0.1, -0.05) is 0 Å². The second-order valence-electron chi connectivity index (χ2n) is 12.2. The van der Waals surface area contributed by atoms with Crippen molar-refractivity contribution in [2.24, 2.45) is 11.3 Å².